The highest BCUT2D eigenvalue weighted by Crippen LogP contribution is 2.32. The number of thiophene rings is 1. The Labute approximate surface area is 176 Å². The minimum Gasteiger partial charge on any atom is -0.486 e. The molecule has 0 fully saturated rings. The molecule has 0 amide bonds. The first-order valence-corrected chi connectivity index (χ1v) is 9.77. The van der Waals surface area contributed by atoms with Gasteiger partial charge in [0.2, 0.25) is 5.76 Å². The number of para-hydroxylation sites is 1. The van der Waals surface area contributed by atoms with Gasteiger partial charge in [-0.2, -0.15) is 5.26 Å². The summed E-state index contributed by atoms with van der Waals surface area (Å²) in [5.41, 5.74) is 6.11. The van der Waals surface area contributed by atoms with Crippen LogP contribution >= 0.6 is 11.3 Å². The quantitative estimate of drug-likeness (QED) is 0.538. The van der Waals surface area contributed by atoms with E-state index in [2.05, 4.69) is 0 Å². The number of nitriles is 1. The highest BCUT2D eigenvalue weighted by atomic mass is 32.1. The summed E-state index contributed by atoms with van der Waals surface area (Å²) >= 11 is 0.919. The van der Waals surface area contributed by atoms with Crippen LogP contribution in [0.25, 0.3) is 0 Å². The molecule has 0 bridgehead atoms. The van der Waals surface area contributed by atoms with Crippen LogP contribution in [0.3, 0.4) is 0 Å². The van der Waals surface area contributed by atoms with Gasteiger partial charge >= 0.3 is 11.9 Å². The van der Waals surface area contributed by atoms with Crippen molar-refractivity contribution in [1.82, 2.24) is 0 Å². The Balaban J connectivity index is 1.65. The zero-order chi connectivity index (χ0) is 21.5. The third-order valence-electron chi connectivity index (χ3n) is 3.94. The van der Waals surface area contributed by atoms with Gasteiger partial charge in [-0.1, -0.05) is 18.2 Å². The van der Waals surface area contributed by atoms with Gasteiger partial charge in [-0.05, 0) is 31.2 Å². The minimum absolute atomic E-state index is 0.0268. The monoisotopic (exact) mass is 426 g/mol. The van der Waals surface area contributed by atoms with Crippen molar-refractivity contribution >= 4 is 28.3 Å². The Bertz CT molecular complexity index is 1080. The minimum atomic E-state index is -0.746. The van der Waals surface area contributed by atoms with Crippen molar-refractivity contribution in [2.24, 2.45) is 0 Å². The third kappa shape index (κ3) is 4.79. The van der Waals surface area contributed by atoms with Gasteiger partial charge in [-0.25, -0.2) is 9.59 Å². The summed E-state index contributed by atoms with van der Waals surface area (Å²) in [5.74, 6) is -0.287. The van der Waals surface area contributed by atoms with Crippen molar-refractivity contribution in [2.45, 2.75) is 20.1 Å². The topological polar surface area (TPSA) is 125 Å². The molecule has 0 unspecified atom stereocenters. The molecular weight excluding hydrogens is 408 g/mol. The molecule has 2 heterocycles. The molecule has 8 nitrogen and oxygen atoms in total. The summed E-state index contributed by atoms with van der Waals surface area (Å²) in [4.78, 5) is 24.6. The van der Waals surface area contributed by atoms with E-state index in [1.165, 1.54) is 6.07 Å². The molecule has 3 aromatic rings. The average Bonchev–Trinajstić information content (AvgIpc) is 3.35. The highest BCUT2D eigenvalue weighted by Gasteiger charge is 2.24. The Kier molecular flexibility index (Phi) is 6.72. The number of hydrogen-bond acceptors (Lipinski definition) is 9. The van der Waals surface area contributed by atoms with Crippen LogP contribution < -0.4 is 10.5 Å². The molecule has 0 aliphatic carbocycles. The maximum absolute atomic E-state index is 12.3. The van der Waals surface area contributed by atoms with Gasteiger partial charge in [0.15, 0.2) is 0 Å². The van der Waals surface area contributed by atoms with Crippen molar-refractivity contribution in [3.05, 3.63) is 70.0 Å². The van der Waals surface area contributed by atoms with Gasteiger partial charge in [0.1, 0.15) is 40.7 Å². The molecule has 3 rings (SSSR count). The summed E-state index contributed by atoms with van der Waals surface area (Å²) in [6.07, 6.45) is 0. The molecule has 0 radical (unpaired) electrons. The summed E-state index contributed by atoms with van der Waals surface area (Å²) in [7, 11) is 0. The zero-order valence-electron chi connectivity index (χ0n) is 16.0. The first kappa shape index (κ1) is 21.0. The third-order valence-corrected chi connectivity index (χ3v) is 4.98. The number of esters is 2. The number of benzene rings is 1. The highest BCUT2D eigenvalue weighted by molar-refractivity contribution is 7.18. The van der Waals surface area contributed by atoms with Crippen molar-refractivity contribution < 1.29 is 28.2 Å². The summed E-state index contributed by atoms with van der Waals surface area (Å²) in [6.45, 7) is 1.65. The van der Waals surface area contributed by atoms with E-state index >= 15 is 0 Å². The normalized spacial score (nSPS) is 10.3. The molecule has 154 valence electrons. The van der Waals surface area contributed by atoms with Crippen LogP contribution in [-0.4, -0.2) is 18.5 Å². The second-order valence-electron chi connectivity index (χ2n) is 5.93. The summed E-state index contributed by atoms with van der Waals surface area (Å²) in [5, 5.41) is 9.47. The number of carbonyl (C=O) groups is 2. The predicted molar refractivity (Wildman–Crippen MR) is 108 cm³/mol. The smallest absolute Gasteiger partial charge is 0.374 e. The molecule has 0 atom stereocenters. The largest absolute Gasteiger partial charge is 0.486 e. The van der Waals surface area contributed by atoms with Crippen LogP contribution in [0.4, 0.5) is 5.00 Å². The lowest BCUT2D eigenvalue weighted by atomic mass is 10.1. The van der Waals surface area contributed by atoms with Crippen molar-refractivity contribution in [1.29, 1.82) is 5.26 Å². The maximum Gasteiger partial charge on any atom is 0.374 e. The number of furan rings is 1. The fourth-order valence-corrected chi connectivity index (χ4v) is 3.47. The Morgan fingerprint density at radius 3 is 2.57 bits per heavy atom. The fraction of sp³-hybridized carbons (Fsp3) is 0.190. The number of carbonyl (C=O) groups excluding carboxylic acids is 2. The number of anilines is 1. The van der Waals surface area contributed by atoms with E-state index in [4.69, 9.17) is 24.4 Å². The first-order valence-electron chi connectivity index (χ1n) is 8.95. The first-order chi connectivity index (χ1) is 14.5. The molecular formula is C21H18N2O6S. The van der Waals surface area contributed by atoms with Crippen molar-refractivity contribution in [2.75, 3.05) is 12.3 Å². The van der Waals surface area contributed by atoms with E-state index in [1.54, 1.807) is 25.1 Å². The molecule has 0 saturated carbocycles. The van der Waals surface area contributed by atoms with E-state index < -0.39 is 11.9 Å². The van der Waals surface area contributed by atoms with Crippen LogP contribution in [0.1, 0.15) is 44.0 Å². The second kappa shape index (κ2) is 9.62. The van der Waals surface area contributed by atoms with Crippen molar-refractivity contribution in [3.8, 4) is 11.8 Å². The number of hydrogen-bond donors (Lipinski definition) is 1. The lowest BCUT2D eigenvalue weighted by molar-refractivity contribution is 0.0418. The van der Waals surface area contributed by atoms with Gasteiger partial charge in [-0.3, -0.25) is 0 Å². The molecule has 0 aliphatic rings. The number of nitrogens with zero attached hydrogens (tertiary/aromatic N) is 1. The van der Waals surface area contributed by atoms with E-state index in [9.17, 15) is 14.9 Å². The van der Waals surface area contributed by atoms with E-state index in [-0.39, 0.29) is 46.6 Å². The van der Waals surface area contributed by atoms with Gasteiger partial charge < -0.3 is 24.4 Å². The van der Waals surface area contributed by atoms with E-state index in [1.807, 2.05) is 24.3 Å². The summed E-state index contributed by atoms with van der Waals surface area (Å²) < 4.78 is 21.2. The molecule has 0 saturated heterocycles. The van der Waals surface area contributed by atoms with Gasteiger partial charge in [0.25, 0.3) is 0 Å². The average molecular weight is 426 g/mol. The van der Waals surface area contributed by atoms with E-state index in [0.29, 0.717) is 11.5 Å². The molecule has 2 aromatic heterocycles. The molecule has 0 aliphatic heterocycles. The second-order valence-corrected chi connectivity index (χ2v) is 6.98. The Hall–Kier alpha value is -3.77. The number of rotatable bonds is 8. The van der Waals surface area contributed by atoms with Crippen LogP contribution in [-0.2, 0) is 22.7 Å². The fourth-order valence-electron chi connectivity index (χ4n) is 2.55. The maximum atomic E-state index is 12.3. The van der Waals surface area contributed by atoms with Crippen LogP contribution in [0, 0.1) is 11.3 Å². The van der Waals surface area contributed by atoms with Gasteiger partial charge in [0.05, 0.1) is 12.2 Å². The van der Waals surface area contributed by atoms with Crippen LogP contribution in [0.2, 0.25) is 0 Å². The lowest BCUT2D eigenvalue weighted by Crippen LogP contribution is -2.09. The molecule has 30 heavy (non-hydrogen) atoms. The molecule has 2 N–H and O–H groups in total. The zero-order valence-corrected chi connectivity index (χ0v) is 16.9. The molecule has 9 heteroatoms. The Morgan fingerprint density at radius 1 is 1.10 bits per heavy atom. The molecule has 1 aromatic carbocycles. The van der Waals surface area contributed by atoms with Crippen LogP contribution in [0.15, 0.2) is 46.9 Å². The van der Waals surface area contributed by atoms with Gasteiger partial charge in [0, 0.05) is 5.56 Å². The predicted octanol–water partition coefficient (Wildman–Crippen LogP) is 3.91. The number of ether oxygens (including phenoxy) is 3. The lowest BCUT2D eigenvalue weighted by Gasteiger charge is -2.06. The van der Waals surface area contributed by atoms with Crippen LogP contribution in [0.5, 0.6) is 5.75 Å². The number of nitrogens with two attached hydrogens (primary N) is 1. The van der Waals surface area contributed by atoms with Crippen molar-refractivity contribution in [3.63, 3.8) is 0 Å². The molecule has 0 spiro atoms. The van der Waals surface area contributed by atoms with Gasteiger partial charge in [-0.15, -0.1) is 11.3 Å². The number of nitrogen functional groups attached to an aromatic ring is 1. The summed E-state index contributed by atoms with van der Waals surface area (Å²) in [6, 6.07) is 14.2. The SMILES string of the molecule is CCOC(=O)c1sc(N)c(C#N)c1COC(=O)c1ccc(COc2ccccc2)o1. The Morgan fingerprint density at radius 2 is 1.87 bits per heavy atom. The van der Waals surface area contributed by atoms with E-state index in [0.717, 1.165) is 11.3 Å². The standard InChI is InChI=1S/C21H18N2O6S/c1-2-26-21(25)18-16(15(10-22)19(23)30-18)12-28-20(24)17-9-8-14(29-17)11-27-13-6-4-3-5-7-13/h3-9H,2,11-12,23H2,1H3.